The summed E-state index contributed by atoms with van der Waals surface area (Å²) in [7, 11) is 0. The average molecular weight is 334 g/mol. The zero-order valence-corrected chi connectivity index (χ0v) is 13.8. The summed E-state index contributed by atoms with van der Waals surface area (Å²) in [6.45, 7) is 1.22. The maximum atomic E-state index is 11.3. The molecule has 7 nitrogen and oxygen atoms in total. The minimum absolute atomic E-state index is 0.149. The number of hydrogen-bond acceptors (Lipinski definition) is 7. The lowest BCUT2D eigenvalue weighted by atomic mass is 10.2. The SMILES string of the molecule is O=C(CCCCCO)OCCOCCOC(=O)CCCCCO. The van der Waals surface area contributed by atoms with Crippen LogP contribution in [0.2, 0.25) is 0 Å². The van der Waals surface area contributed by atoms with Crippen LogP contribution in [-0.2, 0) is 23.8 Å². The van der Waals surface area contributed by atoms with E-state index in [1.54, 1.807) is 0 Å². The van der Waals surface area contributed by atoms with E-state index in [-0.39, 0.29) is 51.6 Å². The molecule has 0 saturated heterocycles. The van der Waals surface area contributed by atoms with Crippen molar-refractivity contribution < 1.29 is 34.0 Å². The highest BCUT2D eigenvalue weighted by Crippen LogP contribution is 2.01. The number of aliphatic hydroxyl groups is 2. The maximum Gasteiger partial charge on any atom is 0.305 e. The second-order valence-electron chi connectivity index (χ2n) is 5.12. The van der Waals surface area contributed by atoms with Crippen molar-refractivity contribution in [3.63, 3.8) is 0 Å². The Morgan fingerprint density at radius 3 is 1.43 bits per heavy atom. The van der Waals surface area contributed by atoms with Crippen molar-refractivity contribution in [1.82, 2.24) is 0 Å². The first-order chi connectivity index (χ1) is 11.2. The van der Waals surface area contributed by atoms with Crippen LogP contribution in [0.3, 0.4) is 0 Å². The van der Waals surface area contributed by atoms with Gasteiger partial charge in [0, 0.05) is 26.1 Å². The molecule has 0 aromatic rings. The molecule has 0 aromatic heterocycles. The van der Waals surface area contributed by atoms with Gasteiger partial charge in [-0.1, -0.05) is 12.8 Å². The van der Waals surface area contributed by atoms with Gasteiger partial charge in [-0.25, -0.2) is 0 Å². The average Bonchev–Trinajstić information content (AvgIpc) is 2.54. The summed E-state index contributed by atoms with van der Waals surface area (Å²) in [5.41, 5.74) is 0. The smallest absolute Gasteiger partial charge is 0.305 e. The number of ether oxygens (including phenoxy) is 3. The van der Waals surface area contributed by atoms with Gasteiger partial charge in [-0.15, -0.1) is 0 Å². The highest BCUT2D eigenvalue weighted by molar-refractivity contribution is 5.69. The van der Waals surface area contributed by atoms with Gasteiger partial charge in [-0.3, -0.25) is 9.59 Å². The second kappa shape index (κ2) is 17.2. The molecule has 136 valence electrons. The Morgan fingerprint density at radius 2 is 1.04 bits per heavy atom. The van der Waals surface area contributed by atoms with Crippen molar-refractivity contribution in [3.8, 4) is 0 Å². The molecule has 0 atom stereocenters. The molecular formula is C16H30O7. The summed E-state index contributed by atoms with van der Waals surface area (Å²) in [6, 6.07) is 0. The lowest BCUT2D eigenvalue weighted by Gasteiger charge is -2.07. The molecule has 2 N–H and O–H groups in total. The van der Waals surface area contributed by atoms with Gasteiger partial charge in [0.25, 0.3) is 0 Å². The third-order valence-corrected chi connectivity index (χ3v) is 3.06. The Morgan fingerprint density at radius 1 is 0.609 bits per heavy atom. The van der Waals surface area contributed by atoms with E-state index in [1.807, 2.05) is 0 Å². The van der Waals surface area contributed by atoms with E-state index in [0.717, 1.165) is 12.8 Å². The molecule has 0 aliphatic rings. The van der Waals surface area contributed by atoms with Crippen LogP contribution in [0.1, 0.15) is 51.4 Å². The van der Waals surface area contributed by atoms with Gasteiger partial charge in [-0.05, 0) is 25.7 Å². The quantitative estimate of drug-likeness (QED) is 0.323. The lowest BCUT2D eigenvalue weighted by Crippen LogP contribution is -2.14. The highest BCUT2D eigenvalue weighted by atomic mass is 16.6. The number of unbranched alkanes of at least 4 members (excludes halogenated alkanes) is 4. The first-order valence-corrected chi connectivity index (χ1v) is 8.31. The third kappa shape index (κ3) is 17.0. The van der Waals surface area contributed by atoms with Gasteiger partial charge in [0.05, 0.1) is 13.2 Å². The molecule has 0 aromatic carbocycles. The second-order valence-corrected chi connectivity index (χ2v) is 5.12. The zero-order chi connectivity index (χ0) is 17.2. The molecule has 0 heterocycles. The molecule has 0 saturated carbocycles. The largest absolute Gasteiger partial charge is 0.463 e. The van der Waals surface area contributed by atoms with Gasteiger partial charge < -0.3 is 24.4 Å². The Balaban J connectivity index is 3.26. The fraction of sp³-hybridized carbons (Fsp3) is 0.875. The molecule has 0 aliphatic heterocycles. The van der Waals surface area contributed by atoms with Gasteiger partial charge >= 0.3 is 11.9 Å². The van der Waals surface area contributed by atoms with E-state index in [0.29, 0.717) is 38.5 Å². The number of aliphatic hydroxyl groups excluding tert-OH is 2. The Labute approximate surface area is 137 Å². The lowest BCUT2D eigenvalue weighted by molar-refractivity contribution is -0.146. The summed E-state index contributed by atoms with van der Waals surface area (Å²) in [5.74, 6) is -0.526. The zero-order valence-electron chi connectivity index (χ0n) is 13.8. The number of hydrogen-bond donors (Lipinski definition) is 2. The minimum atomic E-state index is -0.263. The molecule has 7 heteroatoms. The molecule has 0 radical (unpaired) electrons. The van der Waals surface area contributed by atoms with Crippen molar-refractivity contribution in [2.24, 2.45) is 0 Å². The summed E-state index contributed by atoms with van der Waals surface area (Å²) in [4.78, 5) is 22.6. The molecule has 0 unspecified atom stereocenters. The van der Waals surface area contributed by atoms with Crippen molar-refractivity contribution in [2.75, 3.05) is 39.6 Å². The summed E-state index contributed by atoms with van der Waals surface area (Å²) >= 11 is 0. The van der Waals surface area contributed by atoms with Gasteiger partial charge in [0.1, 0.15) is 13.2 Å². The standard InChI is InChI=1S/C16H30O7/c17-9-5-1-3-7-15(19)22-13-11-21-12-14-23-16(20)8-4-2-6-10-18/h17-18H,1-14H2. The van der Waals surface area contributed by atoms with E-state index < -0.39 is 0 Å². The van der Waals surface area contributed by atoms with Gasteiger partial charge in [0.15, 0.2) is 0 Å². The van der Waals surface area contributed by atoms with Crippen molar-refractivity contribution >= 4 is 11.9 Å². The van der Waals surface area contributed by atoms with Crippen LogP contribution < -0.4 is 0 Å². The molecule has 23 heavy (non-hydrogen) atoms. The minimum Gasteiger partial charge on any atom is -0.463 e. The van der Waals surface area contributed by atoms with Crippen molar-refractivity contribution in [2.45, 2.75) is 51.4 Å². The Hall–Kier alpha value is -1.18. The van der Waals surface area contributed by atoms with E-state index in [1.165, 1.54) is 0 Å². The number of carbonyl (C=O) groups is 2. The van der Waals surface area contributed by atoms with E-state index in [2.05, 4.69) is 0 Å². The fourth-order valence-corrected chi connectivity index (χ4v) is 1.79. The predicted octanol–water partition coefficient (Wildman–Crippen LogP) is 1.19. The van der Waals surface area contributed by atoms with E-state index >= 15 is 0 Å². The predicted molar refractivity (Wildman–Crippen MR) is 83.8 cm³/mol. The molecule has 0 spiro atoms. The van der Waals surface area contributed by atoms with E-state index in [9.17, 15) is 9.59 Å². The molecule has 0 rings (SSSR count). The van der Waals surface area contributed by atoms with Crippen LogP contribution in [0.25, 0.3) is 0 Å². The first kappa shape index (κ1) is 21.8. The van der Waals surface area contributed by atoms with Crippen LogP contribution in [0, 0.1) is 0 Å². The fourth-order valence-electron chi connectivity index (χ4n) is 1.79. The summed E-state index contributed by atoms with van der Waals surface area (Å²) in [6.07, 6.45) is 5.18. The van der Waals surface area contributed by atoms with Crippen LogP contribution in [0.4, 0.5) is 0 Å². The summed E-state index contributed by atoms with van der Waals surface area (Å²) in [5, 5.41) is 17.2. The molecule has 0 aliphatic carbocycles. The van der Waals surface area contributed by atoms with Crippen molar-refractivity contribution in [1.29, 1.82) is 0 Å². The number of esters is 2. The molecule has 0 amide bonds. The van der Waals surface area contributed by atoms with Crippen LogP contribution >= 0.6 is 0 Å². The van der Waals surface area contributed by atoms with Crippen molar-refractivity contribution in [3.05, 3.63) is 0 Å². The number of carbonyl (C=O) groups excluding carboxylic acids is 2. The molecular weight excluding hydrogens is 304 g/mol. The molecule has 0 fully saturated rings. The van der Waals surface area contributed by atoms with Gasteiger partial charge in [0.2, 0.25) is 0 Å². The van der Waals surface area contributed by atoms with Crippen LogP contribution in [0.15, 0.2) is 0 Å². The molecule has 0 bridgehead atoms. The highest BCUT2D eigenvalue weighted by Gasteiger charge is 2.04. The van der Waals surface area contributed by atoms with Crippen LogP contribution in [0.5, 0.6) is 0 Å². The Bertz CT molecular complexity index is 266. The number of rotatable bonds is 16. The Kier molecular flexibility index (Phi) is 16.3. The van der Waals surface area contributed by atoms with Gasteiger partial charge in [-0.2, -0.15) is 0 Å². The monoisotopic (exact) mass is 334 g/mol. The summed E-state index contributed by atoms with van der Waals surface area (Å²) < 4.78 is 15.1. The van der Waals surface area contributed by atoms with Crippen LogP contribution in [-0.4, -0.2) is 61.8 Å². The normalized spacial score (nSPS) is 10.5. The third-order valence-electron chi connectivity index (χ3n) is 3.06. The topological polar surface area (TPSA) is 102 Å². The first-order valence-electron chi connectivity index (χ1n) is 8.31. The maximum absolute atomic E-state index is 11.3. The van der Waals surface area contributed by atoms with E-state index in [4.69, 9.17) is 24.4 Å².